The number of anilines is 1. The third-order valence-electron chi connectivity index (χ3n) is 4.89. The Kier molecular flexibility index (Phi) is 4.42. The van der Waals surface area contributed by atoms with Crippen molar-refractivity contribution in [2.75, 3.05) is 11.9 Å². The maximum atomic E-state index is 12.8. The van der Waals surface area contributed by atoms with Gasteiger partial charge in [-0.2, -0.15) is 13.2 Å². The van der Waals surface area contributed by atoms with Gasteiger partial charge in [0, 0.05) is 18.7 Å². The lowest BCUT2D eigenvalue weighted by Crippen LogP contribution is -2.42. The van der Waals surface area contributed by atoms with Crippen molar-refractivity contribution in [2.45, 2.75) is 56.3 Å². The SMILES string of the molecule is O=[N+]([O-])c1cc(C(F)(F)F)ccc1NC1CCOC2(CCCC2)C1. The van der Waals surface area contributed by atoms with Gasteiger partial charge < -0.3 is 10.1 Å². The summed E-state index contributed by atoms with van der Waals surface area (Å²) in [5.41, 5.74) is -1.60. The summed E-state index contributed by atoms with van der Waals surface area (Å²) in [5, 5.41) is 14.2. The first-order valence-corrected chi connectivity index (χ1v) is 8.05. The number of alkyl halides is 3. The predicted molar refractivity (Wildman–Crippen MR) is 81.9 cm³/mol. The molecular weight excluding hydrogens is 325 g/mol. The molecule has 1 atom stereocenters. The van der Waals surface area contributed by atoms with E-state index in [0.29, 0.717) is 19.1 Å². The zero-order chi connectivity index (χ0) is 17.4. The molecule has 5 nitrogen and oxygen atoms in total. The van der Waals surface area contributed by atoms with Crippen molar-refractivity contribution in [3.8, 4) is 0 Å². The summed E-state index contributed by atoms with van der Waals surface area (Å²) in [4.78, 5) is 10.4. The Balaban J connectivity index is 1.80. The van der Waals surface area contributed by atoms with Crippen LogP contribution in [0.15, 0.2) is 18.2 Å². The first-order chi connectivity index (χ1) is 11.3. The Bertz CT molecular complexity index is 627. The average Bonchev–Trinajstić information content (AvgIpc) is 2.94. The topological polar surface area (TPSA) is 64.4 Å². The van der Waals surface area contributed by atoms with Gasteiger partial charge in [-0.1, -0.05) is 12.8 Å². The van der Waals surface area contributed by atoms with E-state index in [1.165, 1.54) is 0 Å². The maximum Gasteiger partial charge on any atom is 0.416 e. The second-order valence-electron chi connectivity index (χ2n) is 6.56. The molecule has 1 heterocycles. The van der Waals surface area contributed by atoms with E-state index in [1.54, 1.807) is 0 Å². The number of nitrogens with one attached hydrogen (secondary N) is 1. The second-order valence-corrected chi connectivity index (χ2v) is 6.56. The highest BCUT2D eigenvalue weighted by Gasteiger charge is 2.40. The first kappa shape index (κ1) is 17.0. The van der Waals surface area contributed by atoms with E-state index in [4.69, 9.17) is 4.74 Å². The molecule has 3 rings (SSSR count). The number of nitro benzene ring substituents is 1. The van der Waals surface area contributed by atoms with Crippen LogP contribution >= 0.6 is 0 Å². The van der Waals surface area contributed by atoms with Crippen molar-refractivity contribution in [1.82, 2.24) is 0 Å². The minimum atomic E-state index is -4.60. The van der Waals surface area contributed by atoms with Gasteiger partial charge in [0.15, 0.2) is 0 Å². The molecule has 1 aromatic rings. The molecule has 1 aliphatic carbocycles. The number of benzene rings is 1. The summed E-state index contributed by atoms with van der Waals surface area (Å²) >= 11 is 0. The van der Waals surface area contributed by atoms with E-state index in [2.05, 4.69) is 5.32 Å². The van der Waals surface area contributed by atoms with E-state index in [0.717, 1.165) is 44.2 Å². The van der Waals surface area contributed by atoms with Gasteiger partial charge >= 0.3 is 6.18 Å². The minimum absolute atomic E-state index is 0.0349. The van der Waals surface area contributed by atoms with E-state index in [9.17, 15) is 23.3 Å². The summed E-state index contributed by atoms with van der Waals surface area (Å²) in [6.07, 6.45) is 0.960. The van der Waals surface area contributed by atoms with Crippen molar-refractivity contribution in [1.29, 1.82) is 0 Å². The molecule has 0 aromatic heterocycles. The molecule has 132 valence electrons. The molecule has 0 amide bonds. The van der Waals surface area contributed by atoms with Crippen LogP contribution in [-0.4, -0.2) is 23.2 Å². The quantitative estimate of drug-likeness (QED) is 0.647. The largest absolute Gasteiger partial charge is 0.416 e. The number of rotatable bonds is 3. The molecule has 1 saturated heterocycles. The van der Waals surface area contributed by atoms with Crippen LogP contribution in [0.4, 0.5) is 24.5 Å². The minimum Gasteiger partial charge on any atom is -0.377 e. The summed E-state index contributed by atoms with van der Waals surface area (Å²) in [6.45, 7) is 0.562. The molecular formula is C16H19F3N2O3. The lowest BCUT2D eigenvalue weighted by Gasteiger charge is -2.38. The van der Waals surface area contributed by atoms with Gasteiger partial charge in [0.2, 0.25) is 0 Å². The summed E-state index contributed by atoms with van der Waals surface area (Å²) in [5.74, 6) is 0. The van der Waals surface area contributed by atoms with Crippen molar-refractivity contribution >= 4 is 11.4 Å². The number of hydrogen-bond donors (Lipinski definition) is 1. The van der Waals surface area contributed by atoms with Gasteiger partial charge in [-0.25, -0.2) is 0 Å². The molecule has 1 aliphatic heterocycles. The number of halogens is 3. The zero-order valence-corrected chi connectivity index (χ0v) is 13.1. The highest BCUT2D eigenvalue weighted by molar-refractivity contribution is 5.63. The van der Waals surface area contributed by atoms with Crippen molar-refractivity contribution in [3.63, 3.8) is 0 Å². The van der Waals surface area contributed by atoms with Crippen LogP contribution in [0.5, 0.6) is 0 Å². The van der Waals surface area contributed by atoms with Crippen molar-refractivity contribution in [3.05, 3.63) is 33.9 Å². The summed E-state index contributed by atoms with van der Waals surface area (Å²) in [7, 11) is 0. The highest BCUT2D eigenvalue weighted by atomic mass is 19.4. The lowest BCUT2D eigenvalue weighted by atomic mass is 9.88. The third-order valence-corrected chi connectivity index (χ3v) is 4.89. The Morgan fingerprint density at radius 1 is 1.29 bits per heavy atom. The van der Waals surface area contributed by atoms with E-state index in [1.807, 2.05) is 0 Å². The molecule has 2 fully saturated rings. The molecule has 1 aromatic carbocycles. The Hall–Kier alpha value is -1.83. The van der Waals surface area contributed by atoms with Gasteiger partial charge in [0.05, 0.1) is 16.1 Å². The fraction of sp³-hybridized carbons (Fsp3) is 0.625. The van der Waals surface area contributed by atoms with Gasteiger partial charge in [-0.3, -0.25) is 10.1 Å². The molecule has 2 aliphatic rings. The molecule has 1 saturated carbocycles. The number of ether oxygens (including phenoxy) is 1. The van der Waals surface area contributed by atoms with Gasteiger partial charge in [0.25, 0.3) is 5.69 Å². The molecule has 8 heteroatoms. The molecule has 0 radical (unpaired) electrons. The van der Waals surface area contributed by atoms with E-state index >= 15 is 0 Å². The smallest absolute Gasteiger partial charge is 0.377 e. The first-order valence-electron chi connectivity index (χ1n) is 8.05. The normalized spacial score (nSPS) is 23.4. The fourth-order valence-electron chi connectivity index (χ4n) is 3.72. The van der Waals surface area contributed by atoms with Gasteiger partial charge in [-0.15, -0.1) is 0 Å². The van der Waals surface area contributed by atoms with Crippen molar-refractivity contribution < 1.29 is 22.8 Å². The third kappa shape index (κ3) is 3.48. The van der Waals surface area contributed by atoms with Crippen molar-refractivity contribution in [2.24, 2.45) is 0 Å². The number of hydrogen-bond acceptors (Lipinski definition) is 4. The zero-order valence-electron chi connectivity index (χ0n) is 13.1. The Morgan fingerprint density at radius 2 is 2.00 bits per heavy atom. The number of nitrogens with zero attached hydrogens (tertiary/aromatic N) is 1. The average molecular weight is 344 g/mol. The maximum absolute atomic E-state index is 12.8. The Labute approximate surface area is 137 Å². The van der Waals surface area contributed by atoms with Crippen LogP contribution in [0.1, 0.15) is 44.1 Å². The predicted octanol–water partition coefficient (Wildman–Crippen LogP) is 4.52. The summed E-state index contributed by atoms with van der Waals surface area (Å²) in [6, 6.07) is 2.58. The van der Waals surface area contributed by atoms with Crippen LogP contribution in [0, 0.1) is 10.1 Å². The summed E-state index contributed by atoms with van der Waals surface area (Å²) < 4.78 is 44.2. The van der Waals surface area contributed by atoms with E-state index in [-0.39, 0.29) is 17.3 Å². The molecule has 1 N–H and O–H groups in total. The van der Waals surface area contributed by atoms with Gasteiger partial charge in [-0.05, 0) is 37.8 Å². The molecule has 1 spiro atoms. The highest BCUT2D eigenvalue weighted by Crippen LogP contribution is 2.41. The van der Waals surface area contributed by atoms with Crippen LogP contribution in [0.2, 0.25) is 0 Å². The standard InChI is InChI=1S/C16H19F3N2O3/c17-16(18,19)11-3-4-13(14(9-11)21(22)23)20-12-5-8-24-15(10-12)6-1-2-7-15/h3-4,9,12,20H,1-2,5-8,10H2. The molecule has 1 unspecified atom stereocenters. The fourth-order valence-corrected chi connectivity index (χ4v) is 3.72. The molecule has 0 bridgehead atoms. The van der Waals surface area contributed by atoms with Crippen LogP contribution in [0.25, 0.3) is 0 Å². The van der Waals surface area contributed by atoms with Gasteiger partial charge in [0.1, 0.15) is 5.69 Å². The van der Waals surface area contributed by atoms with Crippen LogP contribution in [-0.2, 0) is 10.9 Å². The van der Waals surface area contributed by atoms with E-state index < -0.39 is 22.4 Å². The Morgan fingerprint density at radius 3 is 2.62 bits per heavy atom. The molecule has 24 heavy (non-hydrogen) atoms. The second kappa shape index (κ2) is 6.23. The monoisotopic (exact) mass is 344 g/mol. The van der Waals surface area contributed by atoms with Crippen LogP contribution < -0.4 is 5.32 Å². The number of nitro groups is 1. The van der Waals surface area contributed by atoms with Crippen LogP contribution in [0.3, 0.4) is 0 Å². The lowest BCUT2D eigenvalue weighted by molar-refractivity contribution is -0.384.